The highest BCUT2D eigenvalue weighted by atomic mass is 15.4. The summed E-state index contributed by atoms with van der Waals surface area (Å²) in [4.78, 5) is 31.4. The zero-order valence-electron chi connectivity index (χ0n) is 24.7. The lowest BCUT2D eigenvalue weighted by molar-refractivity contribution is 0.222. The van der Waals surface area contributed by atoms with Crippen LogP contribution in [0.1, 0.15) is 52.2 Å². The predicted octanol–water partition coefficient (Wildman–Crippen LogP) is 4.23. The molecule has 8 rings (SSSR count). The van der Waals surface area contributed by atoms with E-state index in [0.717, 1.165) is 86.6 Å². The highest BCUT2D eigenvalue weighted by Crippen LogP contribution is 2.32. The first kappa shape index (κ1) is 26.5. The van der Waals surface area contributed by atoms with Crippen molar-refractivity contribution < 1.29 is 0 Å². The van der Waals surface area contributed by atoms with Gasteiger partial charge in [-0.3, -0.25) is 15.0 Å². The summed E-state index contributed by atoms with van der Waals surface area (Å²) in [6, 6.07) is 17.3. The van der Waals surface area contributed by atoms with E-state index in [0.29, 0.717) is 6.54 Å². The van der Waals surface area contributed by atoms with Gasteiger partial charge in [-0.15, -0.1) is 0 Å². The van der Waals surface area contributed by atoms with Crippen molar-refractivity contribution in [2.24, 2.45) is 0 Å². The third-order valence-corrected chi connectivity index (χ3v) is 8.50. The molecule has 0 aliphatic carbocycles. The van der Waals surface area contributed by atoms with Crippen molar-refractivity contribution in [1.82, 2.24) is 49.0 Å². The summed E-state index contributed by atoms with van der Waals surface area (Å²) in [7, 11) is 0. The lowest BCUT2D eigenvalue weighted by Crippen LogP contribution is -2.31. The fourth-order valence-electron chi connectivity index (χ4n) is 6.52. The molecule has 4 aromatic heterocycles. The van der Waals surface area contributed by atoms with Gasteiger partial charge in [0.25, 0.3) is 0 Å². The minimum atomic E-state index is -0.0774. The third-order valence-electron chi connectivity index (χ3n) is 8.50. The van der Waals surface area contributed by atoms with Gasteiger partial charge in [-0.05, 0) is 54.6 Å². The van der Waals surface area contributed by atoms with Gasteiger partial charge in [0.05, 0.1) is 92.6 Å². The average Bonchev–Trinajstić information content (AvgIpc) is 3.84. The monoisotopic (exact) mass is 584 g/mol. The molecule has 1 atom stereocenters. The van der Waals surface area contributed by atoms with Crippen molar-refractivity contribution >= 4 is 0 Å². The molecule has 44 heavy (non-hydrogen) atoms. The summed E-state index contributed by atoms with van der Waals surface area (Å²) in [6.45, 7) is 6.31. The van der Waals surface area contributed by atoms with Crippen molar-refractivity contribution in [3.63, 3.8) is 0 Å². The Kier molecular flexibility index (Phi) is 6.94. The van der Waals surface area contributed by atoms with Gasteiger partial charge in [0.2, 0.25) is 0 Å². The number of hydrogen-bond acceptors (Lipinski definition) is 9. The quantitative estimate of drug-likeness (QED) is 0.343. The first-order valence-electron chi connectivity index (χ1n) is 15.3. The molecule has 0 aromatic carbocycles. The Labute approximate surface area is 257 Å². The van der Waals surface area contributed by atoms with Crippen LogP contribution in [0.2, 0.25) is 0 Å². The fourth-order valence-corrected chi connectivity index (χ4v) is 6.52. The first-order valence-corrected chi connectivity index (χ1v) is 15.3. The minimum absolute atomic E-state index is 0.0774. The molecular formula is C34H36N10. The largest absolute Gasteiger partial charge is 0.372 e. The summed E-state index contributed by atoms with van der Waals surface area (Å²) >= 11 is 0. The molecule has 0 radical (unpaired) electrons. The molecule has 8 bridgehead atoms. The van der Waals surface area contributed by atoms with Crippen LogP contribution >= 0.6 is 0 Å². The molecule has 222 valence electrons. The van der Waals surface area contributed by atoms with E-state index in [4.69, 9.17) is 15.0 Å². The smallest absolute Gasteiger partial charge is 0.0980 e. The van der Waals surface area contributed by atoms with Gasteiger partial charge in [-0.1, -0.05) is 18.2 Å². The second-order valence-electron chi connectivity index (χ2n) is 12.0. The number of hydrogen-bond donors (Lipinski definition) is 0. The molecule has 10 nitrogen and oxygen atoms in total. The SMILES string of the molecule is C1=CN(Cc2cc(C3c4cccc(n4)CN4C=CN(Cc5cccc(n5)CN5C=CN3C5)C4)cc(Cn3ccnc3)n2)CC1. The number of rotatable bonds is 5. The molecule has 0 fully saturated rings. The van der Waals surface area contributed by atoms with Crippen LogP contribution in [-0.2, 0) is 32.7 Å². The lowest BCUT2D eigenvalue weighted by atomic mass is 10.00. The minimum Gasteiger partial charge on any atom is -0.372 e. The van der Waals surface area contributed by atoms with Crippen LogP contribution < -0.4 is 0 Å². The van der Waals surface area contributed by atoms with Crippen molar-refractivity contribution in [1.29, 1.82) is 0 Å². The van der Waals surface area contributed by atoms with Gasteiger partial charge in [-0.25, -0.2) is 4.98 Å². The van der Waals surface area contributed by atoms with E-state index in [1.165, 1.54) is 5.56 Å². The van der Waals surface area contributed by atoms with E-state index < -0.39 is 0 Å². The summed E-state index contributed by atoms with van der Waals surface area (Å²) in [6.07, 6.45) is 19.9. The van der Waals surface area contributed by atoms with E-state index in [2.05, 4.69) is 120 Å². The maximum Gasteiger partial charge on any atom is 0.0980 e. The Morgan fingerprint density at radius 2 is 1.41 bits per heavy atom. The molecule has 0 saturated carbocycles. The predicted molar refractivity (Wildman–Crippen MR) is 167 cm³/mol. The van der Waals surface area contributed by atoms with E-state index >= 15 is 0 Å². The highest BCUT2D eigenvalue weighted by molar-refractivity contribution is 5.33. The van der Waals surface area contributed by atoms with Crippen LogP contribution in [0.15, 0.2) is 104 Å². The zero-order valence-corrected chi connectivity index (χ0v) is 24.7. The molecule has 1 unspecified atom stereocenters. The number of nitrogens with zero attached hydrogens (tertiary/aromatic N) is 10. The second-order valence-corrected chi connectivity index (χ2v) is 12.0. The number of aromatic nitrogens is 5. The topological polar surface area (TPSA) is 72.7 Å². The Bertz CT molecular complexity index is 1710. The maximum atomic E-state index is 5.30. The van der Waals surface area contributed by atoms with Gasteiger partial charge in [0, 0.05) is 43.7 Å². The number of imidazole rings is 1. The van der Waals surface area contributed by atoms with Gasteiger partial charge < -0.3 is 29.1 Å². The molecule has 4 aliphatic heterocycles. The van der Waals surface area contributed by atoms with Crippen LogP contribution in [0, 0.1) is 0 Å². The van der Waals surface area contributed by atoms with E-state index in [9.17, 15) is 0 Å². The Morgan fingerprint density at radius 3 is 2.14 bits per heavy atom. The van der Waals surface area contributed by atoms with Gasteiger partial charge in [-0.2, -0.15) is 0 Å². The highest BCUT2D eigenvalue weighted by Gasteiger charge is 2.28. The van der Waals surface area contributed by atoms with Crippen LogP contribution in [-0.4, -0.2) is 68.9 Å². The van der Waals surface area contributed by atoms with Crippen molar-refractivity contribution in [2.75, 3.05) is 19.9 Å². The molecular weight excluding hydrogens is 548 g/mol. The molecule has 8 heterocycles. The molecule has 0 N–H and O–H groups in total. The molecule has 4 aromatic rings. The van der Waals surface area contributed by atoms with Crippen LogP contribution in [0.3, 0.4) is 0 Å². The molecule has 0 amide bonds. The second kappa shape index (κ2) is 11.5. The van der Waals surface area contributed by atoms with Gasteiger partial charge >= 0.3 is 0 Å². The van der Waals surface area contributed by atoms with E-state index in [1.807, 2.05) is 18.7 Å². The maximum absolute atomic E-state index is 5.30. The van der Waals surface area contributed by atoms with Gasteiger partial charge in [0.15, 0.2) is 0 Å². The van der Waals surface area contributed by atoms with E-state index in [1.54, 1.807) is 0 Å². The zero-order chi connectivity index (χ0) is 29.3. The lowest BCUT2D eigenvalue weighted by Gasteiger charge is -2.31. The average molecular weight is 585 g/mol. The number of fused-ring (bicyclic) bond motifs is 8. The Hall–Kier alpha value is -5.12. The summed E-state index contributed by atoms with van der Waals surface area (Å²) in [5.41, 5.74) is 7.53. The van der Waals surface area contributed by atoms with Crippen molar-refractivity contribution in [3.8, 4) is 0 Å². The standard InChI is InChI=1S/C34H36N10/c1-2-11-39(10-1)22-31-17-27(18-32(37-31)23-40-12-9-35-24-40)34-33-8-4-7-30(38-33)21-42-14-13-41(25-42)19-28-5-3-6-29(36-28)20-43-15-16-44(34)26-43/h1,3-10,12-18,24,34H,2,11,19-23,25-26H2. The van der Waals surface area contributed by atoms with Crippen LogP contribution in [0.4, 0.5) is 0 Å². The molecule has 10 heteroatoms. The Balaban J connectivity index is 1.19. The summed E-state index contributed by atoms with van der Waals surface area (Å²) < 4.78 is 2.08. The first-order chi connectivity index (χ1) is 21.7. The summed E-state index contributed by atoms with van der Waals surface area (Å²) in [5.74, 6) is 0. The van der Waals surface area contributed by atoms with Crippen LogP contribution in [0.5, 0.6) is 0 Å². The fraction of sp³-hybridized carbons (Fsp3) is 0.294. The van der Waals surface area contributed by atoms with E-state index in [-0.39, 0.29) is 6.04 Å². The Morgan fingerprint density at radius 1 is 0.705 bits per heavy atom. The normalized spacial score (nSPS) is 19.1. The van der Waals surface area contributed by atoms with Crippen molar-refractivity contribution in [3.05, 3.63) is 144 Å². The summed E-state index contributed by atoms with van der Waals surface area (Å²) in [5, 5.41) is 0. The molecule has 0 spiro atoms. The third kappa shape index (κ3) is 5.75. The molecule has 0 saturated heterocycles. The van der Waals surface area contributed by atoms with Gasteiger partial charge in [0.1, 0.15) is 0 Å². The molecule has 4 aliphatic rings. The number of pyridine rings is 3. The van der Waals surface area contributed by atoms with Crippen LogP contribution in [0.25, 0.3) is 0 Å². The van der Waals surface area contributed by atoms with Crippen molar-refractivity contribution in [2.45, 2.75) is 45.2 Å².